The molecule has 0 aromatic carbocycles. The summed E-state index contributed by atoms with van der Waals surface area (Å²) in [6.45, 7) is 43.8. The van der Waals surface area contributed by atoms with Crippen LogP contribution in [0.3, 0.4) is 0 Å². The number of carbonyl (C=O) groups is 7. The van der Waals surface area contributed by atoms with Gasteiger partial charge >= 0.3 is 41.8 Å². The lowest BCUT2D eigenvalue weighted by Crippen LogP contribution is -2.56. The molecule has 24 nitrogen and oxygen atoms in total. The number of fused-ring (bicyclic) bond motifs is 7. The minimum Gasteiger partial charge on any atom is -0.469 e. The summed E-state index contributed by atoms with van der Waals surface area (Å²) in [4.78, 5) is 79.1. The zero-order chi connectivity index (χ0) is 89.5. The number of hydrogen-bond donors (Lipinski definition) is 3. The van der Waals surface area contributed by atoms with Crippen LogP contribution >= 0.6 is 0 Å². The van der Waals surface area contributed by atoms with E-state index < -0.39 is 36.4 Å². The highest BCUT2D eigenvalue weighted by Gasteiger charge is 2.64. The van der Waals surface area contributed by atoms with Crippen molar-refractivity contribution in [3.63, 3.8) is 0 Å². The fourth-order valence-electron chi connectivity index (χ4n) is 21.2. The van der Waals surface area contributed by atoms with Crippen LogP contribution in [0.2, 0.25) is 0 Å². The molecule has 11 saturated carbocycles. The second-order valence-electron chi connectivity index (χ2n) is 40.0. The first-order valence-corrected chi connectivity index (χ1v) is 47.0. The van der Waals surface area contributed by atoms with E-state index in [0.717, 1.165) is 109 Å². The first kappa shape index (κ1) is 101. The summed E-state index contributed by atoms with van der Waals surface area (Å²) >= 11 is 0. The molecule has 21 atom stereocenters. The molecular formula is C99H156O24. The van der Waals surface area contributed by atoms with Gasteiger partial charge in [0, 0.05) is 63.4 Å². The Morgan fingerprint density at radius 2 is 0.959 bits per heavy atom. The zero-order valence-electron chi connectivity index (χ0n) is 76.8. The number of methoxy groups -OCH3 is 2. The van der Waals surface area contributed by atoms with Crippen LogP contribution in [0.15, 0.2) is 72.9 Å². The van der Waals surface area contributed by atoms with E-state index in [0.29, 0.717) is 133 Å². The molecule has 21 unspecified atom stereocenters. The van der Waals surface area contributed by atoms with E-state index in [1.165, 1.54) is 148 Å². The van der Waals surface area contributed by atoms with Gasteiger partial charge in [0.2, 0.25) is 0 Å². The average molecular weight is 1730 g/mol. The van der Waals surface area contributed by atoms with Gasteiger partial charge in [0.25, 0.3) is 0 Å². The Morgan fingerprint density at radius 1 is 0.439 bits per heavy atom. The van der Waals surface area contributed by atoms with E-state index >= 15 is 0 Å². The van der Waals surface area contributed by atoms with Crippen LogP contribution in [0.25, 0.3) is 0 Å². The molecule has 2 bridgehead atoms. The molecule has 3 spiro atoms. The van der Waals surface area contributed by atoms with Crippen molar-refractivity contribution in [2.75, 3.05) is 67.1 Å². The van der Waals surface area contributed by atoms with Gasteiger partial charge in [0.15, 0.2) is 0 Å². The topological polar surface area (TPSA) is 319 Å². The van der Waals surface area contributed by atoms with Crippen LogP contribution in [0.1, 0.15) is 287 Å². The highest BCUT2D eigenvalue weighted by molar-refractivity contribution is 5.89. The minimum absolute atomic E-state index is 0.0704. The van der Waals surface area contributed by atoms with Crippen LogP contribution in [-0.2, 0) is 99.9 Å². The molecule has 24 heteroatoms. The van der Waals surface area contributed by atoms with Crippen molar-refractivity contribution in [1.82, 2.24) is 0 Å². The lowest BCUT2D eigenvalue weighted by atomic mass is 9.64. The molecule has 6 heterocycles. The van der Waals surface area contributed by atoms with Gasteiger partial charge in [-0.3, -0.25) is 4.79 Å². The third-order valence-electron chi connectivity index (χ3n) is 29.2. The van der Waals surface area contributed by atoms with Gasteiger partial charge in [0.1, 0.15) is 30.5 Å². The van der Waals surface area contributed by atoms with Gasteiger partial charge in [0.05, 0.1) is 114 Å². The zero-order valence-corrected chi connectivity index (χ0v) is 76.8. The smallest absolute Gasteiger partial charge is 0.333 e. The number of esters is 7. The normalized spacial score (nSPS) is 34.5. The van der Waals surface area contributed by atoms with E-state index in [9.17, 15) is 48.9 Å². The van der Waals surface area contributed by atoms with E-state index in [1.54, 1.807) is 48.7 Å². The Labute approximate surface area is 734 Å². The second-order valence-corrected chi connectivity index (χ2v) is 40.0. The third kappa shape index (κ3) is 29.7. The van der Waals surface area contributed by atoms with E-state index in [-0.39, 0.29) is 87.9 Å². The molecule has 17 aliphatic rings. The molecule has 0 aromatic heterocycles. The van der Waals surface area contributed by atoms with Crippen LogP contribution < -0.4 is 0 Å². The summed E-state index contributed by atoms with van der Waals surface area (Å²) in [5.41, 5.74) is 3.32. The fraction of sp³-hybridized carbons (Fsp3) is 0.808. The van der Waals surface area contributed by atoms with Gasteiger partial charge in [-0.25, -0.2) is 28.8 Å². The van der Waals surface area contributed by atoms with Gasteiger partial charge in [-0.1, -0.05) is 111 Å². The maximum atomic E-state index is 11.6. The molecule has 6 saturated heterocycles. The average Bonchev–Trinajstić information content (AvgIpc) is 1.58. The lowest BCUT2D eigenvalue weighted by molar-refractivity contribution is -0.205. The second kappa shape index (κ2) is 47.6. The summed E-state index contributed by atoms with van der Waals surface area (Å²) in [5.74, 6) is 2.85. The maximum absolute atomic E-state index is 11.6. The van der Waals surface area contributed by atoms with Crippen molar-refractivity contribution in [2.45, 2.75) is 372 Å². The van der Waals surface area contributed by atoms with Gasteiger partial charge < -0.3 is 81.6 Å². The van der Waals surface area contributed by atoms with E-state index in [2.05, 4.69) is 65.0 Å². The Morgan fingerprint density at radius 3 is 1.48 bits per heavy atom. The molecule has 17 rings (SSSR count). The van der Waals surface area contributed by atoms with Crippen molar-refractivity contribution in [3.05, 3.63) is 72.9 Å². The number of hydrogen-bond acceptors (Lipinski definition) is 24. The summed E-state index contributed by atoms with van der Waals surface area (Å²) in [6.07, 6.45) is 40.4. The Hall–Kier alpha value is -5.67. The third-order valence-corrected chi connectivity index (χ3v) is 29.2. The van der Waals surface area contributed by atoms with Crippen LogP contribution in [0, 0.1) is 69.5 Å². The van der Waals surface area contributed by atoms with Crippen LogP contribution in [-0.4, -0.2) is 209 Å². The molecule has 11 aliphatic carbocycles. The van der Waals surface area contributed by atoms with Crippen molar-refractivity contribution in [2.24, 2.45) is 69.5 Å². The fourth-order valence-corrected chi connectivity index (χ4v) is 21.2. The van der Waals surface area contributed by atoms with Crippen molar-refractivity contribution in [3.8, 4) is 0 Å². The lowest BCUT2D eigenvalue weighted by Gasteiger charge is -2.52. The van der Waals surface area contributed by atoms with Crippen LogP contribution in [0.5, 0.6) is 0 Å². The maximum Gasteiger partial charge on any atom is 0.333 e. The predicted octanol–water partition coefficient (Wildman–Crippen LogP) is 16.5. The highest BCUT2D eigenvalue weighted by atomic mass is 16.6. The molecule has 696 valence electrons. The first-order valence-electron chi connectivity index (χ1n) is 47.0. The number of rotatable bonds is 18. The SMILES string of the molecule is C=C(C)C(=O)OC1C2CC(C1O)C1(COC1)C2.C=C(C)C(=O)OC1CC(C)C2(COC2)CC1O.C=C(C)C(=O)OC1CCC2(COC2)CC1O.C=C(C)C(=O)OC1CCCC2CCCCC21.C=C(C)C(=O)OC1CCCCC1.C=C(C)C(=O)OCC1CCCCC1.CCCC1CCC2OC2C1.COC(=O)C1CCC2OC2C1.COCC1CCC2OC2(C)C1. The monoisotopic (exact) mass is 1730 g/mol. The van der Waals surface area contributed by atoms with E-state index in [4.69, 9.17) is 61.6 Å². The Bertz CT molecular complexity index is 3510. The molecule has 17 fully saturated rings. The standard InChI is InChI=1S/C14H22O2.C13H18O4.C13H20O4.C12H18O4.C11H18O2.C10H16O2.C9H16O2.C9H16O.C8H12O3/c1-10(2)14(15)16-13-9-5-7-11-6-3-4-8-12(11)13;1-7(2)12(15)17-11-8-3-9(10(11)14)13(4-8)5-16-6-13;1-8(2)12(15)17-11-4-9(3)13(5-10(11)14)6-16-7-13;1-8(2)11(14)16-10-3-4-12(5-9(10)13)6-15-7-12;1-9(2)11(12)13-8-10-6-4-3-5-7-10;1-8(2)10(11)12-9-6-4-3-5-7-9;1-9-5-7(6-10-2)3-4-8(9)11-9;1-2-3-7-4-5-8-9(6-7)10-8;1-10-8(9)5-2-3-6-7(4-5)11-6/h11-13H,1,3-9H2,2H3;8-11,14H,1,3-6H2,2H3;9-11,14H,1,4-7H2,2-3H3;9-10,13H,1,3-7H2,2H3;10H,1,3-8H2,2H3;9H,1,3-7H2,2H3;7-8H,3-6H2,1-2H3;7-9H,2-6H2,1H3;5-7H,2-4H2,1H3. The van der Waals surface area contributed by atoms with Gasteiger partial charge in [-0.15, -0.1) is 0 Å². The van der Waals surface area contributed by atoms with Gasteiger partial charge in [-0.05, 0) is 263 Å². The minimum atomic E-state index is -0.585. The molecule has 123 heavy (non-hydrogen) atoms. The molecular weight excluding hydrogens is 1570 g/mol. The number of carbonyl (C=O) groups excluding carboxylic acids is 7. The summed E-state index contributed by atoms with van der Waals surface area (Å²) in [7, 11) is 3.23. The highest BCUT2D eigenvalue weighted by Crippen LogP contribution is 2.60. The molecule has 0 radical (unpaired) electrons. The largest absolute Gasteiger partial charge is 0.469 e. The predicted molar refractivity (Wildman–Crippen MR) is 466 cm³/mol. The summed E-state index contributed by atoms with van der Waals surface area (Å²) in [6, 6.07) is 0. The number of epoxide rings is 3. The molecule has 0 amide bonds. The first-order chi connectivity index (χ1) is 58.5. The van der Waals surface area contributed by atoms with Crippen molar-refractivity contribution in [1.29, 1.82) is 0 Å². The quantitative estimate of drug-likeness (QED) is 0.0497. The van der Waals surface area contributed by atoms with Crippen molar-refractivity contribution < 1.29 is 115 Å². The van der Waals surface area contributed by atoms with Crippen LogP contribution in [0.4, 0.5) is 0 Å². The Kier molecular flexibility index (Phi) is 39.1. The van der Waals surface area contributed by atoms with E-state index in [1.807, 2.05) is 0 Å². The van der Waals surface area contributed by atoms with Gasteiger partial charge in [-0.2, -0.15) is 0 Å². The molecule has 6 aliphatic heterocycles. The number of aliphatic hydroxyl groups excluding tert-OH is 3. The Balaban J connectivity index is 0.000000158. The summed E-state index contributed by atoms with van der Waals surface area (Å²) in [5, 5.41) is 30.2. The van der Waals surface area contributed by atoms with Crippen molar-refractivity contribution >= 4 is 41.8 Å². The summed E-state index contributed by atoms with van der Waals surface area (Å²) < 4.78 is 73.6. The number of aliphatic hydroxyl groups is 3. The molecule has 0 aromatic rings. The number of ether oxygens (including phenoxy) is 14. The molecule has 3 N–H and O–H groups in total.